The van der Waals surface area contributed by atoms with Crippen molar-refractivity contribution in [2.45, 2.75) is 37.1 Å². The van der Waals surface area contributed by atoms with Crippen LogP contribution in [0.15, 0.2) is 47.4 Å². The highest BCUT2D eigenvalue weighted by atomic mass is 35.5. The minimum Gasteiger partial charge on any atom is -0.466 e. The minimum absolute atomic E-state index is 0.178. The first-order valence-corrected chi connectivity index (χ1v) is 11.5. The summed E-state index contributed by atoms with van der Waals surface area (Å²) < 4.78 is 28.5. The van der Waals surface area contributed by atoms with Crippen molar-refractivity contribution >= 4 is 34.0 Å². The van der Waals surface area contributed by atoms with E-state index in [0.717, 1.165) is 29.7 Å². The molecule has 0 spiro atoms. The molecule has 1 atom stereocenters. The zero-order chi connectivity index (χ0) is 21.0. The van der Waals surface area contributed by atoms with Gasteiger partial charge in [0.2, 0.25) is 0 Å². The third-order valence-corrected chi connectivity index (χ3v) is 7.15. The van der Waals surface area contributed by atoms with Crippen LogP contribution < -0.4 is 9.62 Å². The smallest absolute Gasteiger partial charge is 0.305 e. The number of nitrogens with zero attached hydrogens (tertiary/aromatic N) is 1. The Kier molecular flexibility index (Phi) is 7.08. The van der Waals surface area contributed by atoms with Crippen LogP contribution >= 0.6 is 22.4 Å². The number of ether oxygens (including phenoxy) is 1. The zero-order valence-electron chi connectivity index (χ0n) is 16.6. The average Bonchev–Trinajstić information content (AvgIpc) is 2.76. The van der Waals surface area contributed by atoms with Crippen LogP contribution in [0.1, 0.15) is 43.4 Å². The van der Waals surface area contributed by atoms with Crippen LogP contribution in [0, 0.1) is 0 Å². The Morgan fingerprint density at radius 3 is 2.72 bits per heavy atom. The van der Waals surface area contributed by atoms with Crippen molar-refractivity contribution in [3.8, 4) is 0 Å². The first kappa shape index (κ1) is 21.9. The fraction of sp³-hybridized carbons (Fsp3) is 0.381. The quantitative estimate of drug-likeness (QED) is 0.405. The number of hydrogen-bond acceptors (Lipinski definition) is 6. The van der Waals surface area contributed by atoms with Crippen LogP contribution in [0.25, 0.3) is 0 Å². The lowest BCUT2D eigenvalue weighted by molar-refractivity contribution is -0.143. The van der Waals surface area contributed by atoms with E-state index in [1.165, 1.54) is 4.31 Å². The van der Waals surface area contributed by atoms with Gasteiger partial charge >= 0.3 is 5.97 Å². The summed E-state index contributed by atoms with van der Waals surface area (Å²) in [5.74, 6) is -0.178. The van der Waals surface area contributed by atoms with Crippen molar-refractivity contribution in [3.63, 3.8) is 0 Å². The number of para-hydroxylation sites is 1. The molecule has 2 aromatic carbocycles. The fourth-order valence-electron chi connectivity index (χ4n) is 3.55. The molecule has 1 aliphatic rings. The first-order valence-electron chi connectivity index (χ1n) is 9.65. The van der Waals surface area contributed by atoms with Crippen molar-refractivity contribution < 1.29 is 18.6 Å². The van der Waals surface area contributed by atoms with E-state index >= 15 is 0 Å². The van der Waals surface area contributed by atoms with Gasteiger partial charge in [0.15, 0.2) is 0 Å². The number of rotatable bonds is 7. The van der Waals surface area contributed by atoms with Crippen molar-refractivity contribution in [2.75, 3.05) is 24.5 Å². The minimum atomic E-state index is -3.23. The predicted molar refractivity (Wildman–Crippen MR) is 118 cm³/mol. The fourth-order valence-corrected chi connectivity index (χ4v) is 5.31. The van der Waals surface area contributed by atoms with Gasteiger partial charge in [-0.2, -0.15) is 0 Å². The SMILES string of the molecule is CCOC(=O)CCCCNC1c2ccccc2N(C)S(O)(O)c2cc(Cl)ccc21. The summed E-state index contributed by atoms with van der Waals surface area (Å²) in [6, 6.07) is 12.7. The second-order valence-corrected chi connectivity index (χ2v) is 9.37. The zero-order valence-corrected chi connectivity index (χ0v) is 18.2. The number of hydrogen-bond donors (Lipinski definition) is 3. The van der Waals surface area contributed by atoms with Crippen molar-refractivity contribution in [1.29, 1.82) is 0 Å². The molecule has 0 fully saturated rings. The Hall–Kier alpha value is -1.77. The van der Waals surface area contributed by atoms with E-state index in [-0.39, 0.29) is 12.0 Å². The molecule has 0 amide bonds. The van der Waals surface area contributed by atoms with Gasteiger partial charge in [-0.05, 0) is 55.6 Å². The predicted octanol–water partition coefficient (Wildman–Crippen LogP) is 5.23. The maximum Gasteiger partial charge on any atom is 0.305 e. The Bertz CT molecular complexity index is 878. The van der Waals surface area contributed by atoms with Crippen LogP contribution in [0.4, 0.5) is 5.69 Å². The number of carbonyl (C=O) groups is 1. The third-order valence-electron chi connectivity index (χ3n) is 5.01. The summed E-state index contributed by atoms with van der Waals surface area (Å²) in [5, 5.41) is 3.98. The molecule has 29 heavy (non-hydrogen) atoms. The van der Waals surface area contributed by atoms with E-state index in [1.54, 1.807) is 26.1 Å². The largest absolute Gasteiger partial charge is 0.466 e. The molecule has 3 N–H and O–H groups in total. The molecule has 0 aromatic heterocycles. The second-order valence-electron chi connectivity index (χ2n) is 6.91. The monoisotopic (exact) mass is 438 g/mol. The Morgan fingerprint density at radius 2 is 1.97 bits per heavy atom. The summed E-state index contributed by atoms with van der Waals surface area (Å²) in [6.45, 7) is 2.87. The lowest BCUT2D eigenvalue weighted by Gasteiger charge is -2.41. The number of esters is 1. The molecule has 158 valence electrons. The molecule has 1 heterocycles. The molecule has 8 heteroatoms. The number of nitrogens with one attached hydrogen (secondary N) is 1. The Morgan fingerprint density at radius 1 is 1.21 bits per heavy atom. The van der Waals surface area contributed by atoms with Gasteiger partial charge in [0.1, 0.15) is 0 Å². The van der Waals surface area contributed by atoms with E-state index in [4.69, 9.17) is 16.3 Å². The van der Waals surface area contributed by atoms with Gasteiger partial charge < -0.3 is 10.1 Å². The van der Waals surface area contributed by atoms with Gasteiger partial charge in [-0.25, -0.2) is 0 Å². The average molecular weight is 439 g/mol. The number of halogens is 1. The second kappa shape index (κ2) is 9.36. The highest BCUT2D eigenvalue weighted by Gasteiger charge is 2.35. The summed E-state index contributed by atoms with van der Waals surface area (Å²) >= 11 is 6.17. The number of unbranched alkanes of at least 4 members (excludes halogenated alkanes) is 1. The van der Waals surface area contributed by atoms with Gasteiger partial charge in [0.25, 0.3) is 0 Å². The topological polar surface area (TPSA) is 82.0 Å². The van der Waals surface area contributed by atoms with E-state index < -0.39 is 10.8 Å². The van der Waals surface area contributed by atoms with Crippen molar-refractivity contribution in [3.05, 3.63) is 58.6 Å². The standard InChI is InChI=1S/C21H27ClN2O4S/c1-3-28-20(25)10-6-7-13-23-21-16-8-4-5-9-18(16)24(2)29(26,27)19-14-15(22)11-12-17(19)21/h4-5,8-9,11-12,14,21,23,26-27H,3,6-7,10,13H2,1-2H3. The molecule has 0 radical (unpaired) electrons. The van der Waals surface area contributed by atoms with Crippen LogP contribution in [-0.4, -0.2) is 35.3 Å². The summed E-state index contributed by atoms with van der Waals surface area (Å²) in [5.41, 5.74) is 2.50. The molecule has 3 rings (SSSR count). The van der Waals surface area contributed by atoms with Crippen LogP contribution in [-0.2, 0) is 9.53 Å². The molecule has 1 aliphatic heterocycles. The highest BCUT2D eigenvalue weighted by Crippen LogP contribution is 2.59. The molecule has 1 unspecified atom stereocenters. The molecule has 6 nitrogen and oxygen atoms in total. The van der Waals surface area contributed by atoms with Crippen LogP contribution in [0.2, 0.25) is 5.02 Å². The van der Waals surface area contributed by atoms with Crippen molar-refractivity contribution in [2.24, 2.45) is 0 Å². The maximum atomic E-state index is 11.5. The van der Waals surface area contributed by atoms with E-state index in [9.17, 15) is 13.9 Å². The van der Waals surface area contributed by atoms with Gasteiger partial charge in [-0.15, -0.1) is 0 Å². The lowest BCUT2D eigenvalue weighted by Crippen LogP contribution is -2.24. The maximum absolute atomic E-state index is 11.5. The number of benzene rings is 2. The highest BCUT2D eigenvalue weighted by molar-refractivity contribution is 8.25. The Balaban J connectivity index is 1.86. The number of anilines is 1. The van der Waals surface area contributed by atoms with Crippen LogP contribution in [0.3, 0.4) is 0 Å². The third kappa shape index (κ3) is 4.70. The van der Waals surface area contributed by atoms with E-state index in [2.05, 4.69) is 5.32 Å². The van der Waals surface area contributed by atoms with Crippen molar-refractivity contribution in [1.82, 2.24) is 5.32 Å². The molecular formula is C21H27ClN2O4S. The summed E-state index contributed by atoms with van der Waals surface area (Å²) in [4.78, 5) is 11.9. The van der Waals surface area contributed by atoms with Gasteiger partial charge in [0.05, 0.1) is 23.2 Å². The molecular weight excluding hydrogens is 412 g/mol. The molecule has 0 bridgehead atoms. The molecule has 0 aliphatic carbocycles. The lowest BCUT2D eigenvalue weighted by atomic mass is 9.96. The number of fused-ring (bicyclic) bond motifs is 2. The molecule has 0 saturated heterocycles. The van der Waals surface area contributed by atoms with Gasteiger partial charge in [-0.3, -0.25) is 18.2 Å². The van der Waals surface area contributed by atoms with E-state index in [0.29, 0.717) is 29.5 Å². The van der Waals surface area contributed by atoms with Crippen LogP contribution in [0.5, 0.6) is 0 Å². The van der Waals surface area contributed by atoms with E-state index in [1.807, 2.05) is 30.3 Å². The van der Waals surface area contributed by atoms with Gasteiger partial charge in [0, 0.05) is 18.5 Å². The Labute approximate surface area is 178 Å². The number of carbonyl (C=O) groups excluding carboxylic acids is 1. The summed E-state index contributed by atoms with van der Waals surface area (Å²) in [7, 11) is -1.55. The summed E-state index contributed by atoms with van der Waals surface area (Å²) in [6.07, 6.45) is 1.92. The first-order chi connectivity index (χ1) is 13.9. The normalized spacial score (nSPS) is 18.4. The van der Waals surface area contributed by atoms with Gasteiger partial charge in [-0.1, -0.05) is 46.6 Å². The molecule has 0 saturated carbocycles. The molecule has 2 aromatic rings.